The maximum atomic E-state index is 13.0. The molecule has 8 nitrogen and oxygen atoms in total. The minimum absolute atomic E-state index is 0.225. The number of piperidine rings is 2. The van der Waals surface area contributed by atoms with Crippen molar-refractivity contribution in [1.29, 1.82) is 0 Å². The first-order valence-corrected chi connectivity index (χ1v) is 9.73. The van der Waals surface area contributed by atoms with Crippen LogP contribution in [0, 0.1) is 5.92 Å². The van der Waals surface area contributed by atoms with Crippen LogP contribution in [-0.4, -0.2) is 40.3 Å². The number of imide groups is 1. The number of anilines is 1. The fraction of sp³-hybridized carbons (Fsp3) is 0.500. The molecule has 1 N–H and O–H groups in total. The number of carbonyl (C=O) groups excluding carboxylic acids is 3. The van der Waals surface area contributed by atoms with Crippen molar-refractivity contribution < 1.29 is 14.4 Å². The second-order valence-corrected chi connectivity index (χ2v) is 7.66. The highest BCUT2D eigenvalue weighted by Crippen LogP contribution is 2.32. The molecule has 1 unspecified atom stereocenters. The topological polar surface area (TPSA) is 93.4 Å². The van der Waals surface area contributed by atoms with Crippen LogP contribution in [0.1, 0.15) is 38.1 Å². The molecular formula is C20H24N4O4. The van der Waals surface area contributed by atoms with Crippen LogP contribution in [0.2, 0.25) is 0 Å². The van der Waals surface area contributed by atoms with Crippen molar-refractivity contribution in [2.45, 2.75) is 38.1 Å². The first-order valence-electron chi connectivity index (χ1n) is 9.73. The van der Waals surface area contributed by atoms with Crippen molar-refractivity contribution in [2.75, 3.05) is 18.0 Å². The van der Waals surface area contributed by atoms with Crippen molar-refractivity contribution in [2.24, 2.45) is 13.0 Å². The first-order chi connectivity index (χ1) is 13.5. The van der Waals surface area contributed by atoms with Crippen molar-refractivity contribution in [1.82, 2.24) is 14.5 Å². The third-order valence-corrected chi connectivity index (χ3v) is 5.99. The van der Waals surface area contributed by atoms with Gasteiger partial charge in [0.2, 0.25) is 11.8 Å². The number of aromatic nitrogens is 2. The standard InChI is InChI=1S/C20H24N4O4/c1-22-18-14(23-10-7-13(8-11-23)9-12-25)3-2-4-15(18)24(20(22)28)16-5-6-17(26)21-19(16)27/h2-4,12-13,16H,5-11H2,1H3,(H,21,26,27). The predicted octanol–water partition coefficient (Wildman–Crippen LogP) is 1.12. The Hall–Kier alpha value is -2.90. The summed E-state index contributed by atoms with van der Waals surface area (Å²) in [6.07, 6.45) is 4.02. The predicted molar refractivity (Wildman–Crippen MR) is 104 cm³/mol. The van der Waals surface area contributed by atoms with Gasteiger partial charge in [-0.15, -0.1) is 0 Å². The number of rotatable bonds is 4. The zero-order valence-corrected chi connectivity index (χ0v) is 15.9. The van der Waals surface area contributed by atoms with Crippen LogP contribution in [0.3, 0.4) is 0 Å². The number of fused-ring (bicyclic) bond motifs is 1. The third kappa shape index (κ3) is 3.02. The Bertz CT molecular complexity index is 998. The number of hydrogen-bond acceptors (Lipinski definition) is 5. The summed E-state index contributed by atoms with van der Waals surface area (Å²) in [6, 6.07) is 5.07. The number of aryl methyl sites for hydroxylation is 1. The van der Waals surface area contributed by atoms with E-state index in [0.29, 0.717) is 24.3 Å². The lowest BCUT2D eigenvalue weighted by molar-refractivity contribution is -0.135. The van der Waals surface area contributed by atoms with E-state index in [4.69, 9.17) is 0 Å². The lowest BCUT2D eigenvalue weighted by Crippen LogP contribution is -2.44. The van der Waals surface area contributed by atoms with E-state index >= 15 is 0 Å². The van der Waals surface area contributed by atoms with Gasteiger partial charge in [-0.25, -0.2) is 4.79 Å². The summed E-state index contributed by atoms with van der Waals surface area (Å²) < 4.78 is 3.10. The van der Waals surface area contributed by atoms with Crippen molar-refractivity contribution in [3.05, 3.63) is 28.7 Å². The average molecular weight is 384 g/mol. The minimum Gasteiger partial charge on any atom is -0.370 e. The first kappa shape index (κ1) is 18.5. The quantitative estimate of drug-likeness (QED) is 0.630. The molecule has 0 spiro atoms. The highest BCUT2D eigenvalue weighted by molar-refractivity contribution is 6.00. The van der Waals surface area contributed by atoms with Crippen molar-refractivity contribution in [3.63, 3.8) is 0 Å². The van der Waals surface area contributed by atoms with Gasteiger partial charge in [0.1, 0.15) is 12.3 Å². The van der Waals surface area contributed by atoms with Crippen molar-refractivity contribution >= 4 is 34.8 Å². The summed E-state index contributed by atoms with van der Waals surface area (Å²) in [5.41, 5.74) is 2.21. The van der Waals surface area contributed by atoms with Crippen molar-refractivity contribution in [3.8, 4) is 0 Å². The van der Waals surface area contributed by atoms with Crippen LogP contribution < -0.4 is 15.9 Å². The molecule has 0 bridgehead atoms. The van der Waals surface area contributed by atoms with Gasteiger partial charge in [-0.3, -0.25) is 24.0 Å². The Labute approximate surface area is 162 Å². The number of amides is 2. The van der Waals surface area contributed by atoms with E-state index in [9.17, 15) is 19.2 Å². The normalized spacial score (nSPS) is 21.2. The molecule has 4 rings (SSSR count). The van der Waals surface area contributed by atoms with Gasteiger partial charge in [-0.05, 0) is 37.3 Å². The van der Waals surface area contributed by atoms with Crippen LogP contribution in [0.15, 0.2) is 23.0 Å². The fourth-order valence-corrected chi connectivity index (χ4v) is 4.45. The minimum atomic E-state index is -0.678. The summed E-state index contributed by atoms with van der Waals surface area (Å²) in [5, 5.41) is 2.34. The molecule has 1 aromatic carbocycles. The fourth-order valence-electron chi connectivity index (χ4n) is 4.45. The number of aldehydes is 1. The van der Waals surface area contributed by atoms with Gasteiger partial charge in [-0.1, -0.05) is 6.07 Å². The van der Waals surface area contributed by atoms with Crippen LogP contribution in [-0.2, 0) is 21.4 Å². The maximum absolute atomic E-state index is 13.0. The molecule has 2 fully saturated rings. The van der Waals surface area contributed by atoms with E-state index in [1.165, 1.54) is 4.57 Å². The number of benzene rings is 1. The number of carbonyl (C=O) groups is 3. The third-order valence-electron chi connectivity index (χ3n) is 5.99. The molecule has 2 aliphatic heterocycles. The zero-order chi connectivity index (χ0) is 19.8. The van der Waals surface area contributed by atoms with Gasteiger partial charge >= 0.3 is 5.69 Å². The SMILES string of the molecule is Cn1c(=O)n(C2CCC(=O)NC2=O)c2cccc(N3CCC(CC=O)CC3)c21. The van der Waals surface area contributed by atoms with Gasteiger partial charge in [-0.2, -0.15) is 0 Å². The van der Waals surface area contributed by atoms with Gasteiger partial charge in [0.05, 0.1) is 16.7 Å². The molecule has 0 saturated carbocycles. The number of para-hydroxylation sites is 1. The Balaban J connectivity index is 1.74. The Morgan fingerprint density at radius 3 is 2.57 bits per heavy atom. The van der Waals surface area contributed by atoms with E-state index < -0.39 is 11.9 Å². The number of imidazole rings is 1. The zero-order valence-electron chi connectivity index (χ0n) is 15.9. The molecule has 1 atom stereocenters. The van der Waals surface area contributed by atoms with Gasteiger partial charge < -0.3 is 9.69 Å². The second kappa shape index (κ2) is 7.26. The summed E-state index contributed by atoms with van der Waals surface area (Å²) in [6.45, 7) is 1.66. The number of nitrogens with zero attached hydrogens (tertiary/aromatic N) is 3. The number of nitrogens with one attached hydrogen (secondary N) is 1. The molecule has 28 heavy (non-hydrogen) atoms. The maximum Gasteiger partial charge on any atom is 0.329 e. The molecule has 2 saturated heterocycles. The summed E-state index contributed by atoms with van der Waals surface area (Å²) in [7, 11) is 1.72. The van der Waals surface area contributed by atoms with Crippen LogP contribution in [0.25, 0.3) is 11.0 Å². The molecule has 1 aromatic heterocycles. The van der Waals surface area contributed by atoms with Gasteiger partial charge in [0.15, 0.2) is 0 Å². The van der Waals surface area contributed by atoms with E-state index in [1.54, 1.807) is 11.6 Å². The molecule has 2 amide bonds. The lowest BCUT2D eigenvalue weighted by Gasteiger charge is -2.33. The molecule has 0 aliphatic carbocycles. The Kier molecular flexibility index (Phi) is 4.78. The average Bonchev–Trinajstić information content (AvgIpc) is 2.94. The Morgan fingerprint density at radius 1 is 1.14 bits per heavy atom. The summed E-state index contributed by atoms with van der Waals surface area (Å²) >= 11 is 0. The van der Waals surface area contributed by atoms with Crippen LogP contribution in [0.4, 0.5) is 5.69 Å². The number of hydrogen-bond donors (Lipinski definition) is 1. The molecule has 0 radical (unpaired) electrons. The Morgan fingerprint density at radius 2 is 1.89 bits per heavy atom. The smallest absolute Gasteiger partial charge is 0.329 e. The highest BCUT2D eigenvalue weighted by Gasteiger charge is 2.32. The second-order valence-electron chi connectivity index (χ2n) is 7.66. The van der Waals surface area contributed by atoms with E-state index in [2.05, 4.69) is 10.2 Å². The van der Waals surface area contributed by atoms with Crippen LogP contribution in [0.5, 0.6) is 0 Å². The molecule has 2 aliphatic rings. The molecule has 8 heteroatoms. The summed E-state index contributed by atoms with van der Waals surface area (Å²) in [4.78, 5) is 49.9. The summed E-state index contributed by atoms with van der Waals surface area (Å²) in [5.74, 6) is -0.302. The van der Waals surface area contributed by atoms with Crippen LogP contribution >= 0.6 is 0 Å². The molecule has 3 heterocycles. The monoisotopic (exact) mass is 384 g/mol. The lowest BCUT2D eigenvalue weighted by atomic mass is 9.94. The van der Waals surface area contributed by atoms with E-state index in [-0.39, 0.29) is 18.0 Å². The highest BCUT2D eigenvalue weighted by atomic mass is 16.2. The van der Waals surface area contributed by atoms with Gasteiger partial charge in [0, 0.05) is 33.0 Å². The molecule has 148 valence electrons. The molecular weight excluding hydrogens is 360 g/mol. The largest absolute Gasteiger partial charge is 0.370 e. The van der Waals surface area contributed by atoms with E-state index in [0.717, 1.165) is 43.4 Å². The van der Waals surface area contributed by atoms with E-state index in [1.807, 2.05) is 18.2 Å². The van der Waals surface area contributed by atoms with Gasteiger partial charge in [0.25, 0.3) is 0 Å². The molecule has 2 aromatic rings.